The summed E-state index contributed by atoms with van der Waals surface area (Å²) in [6, 6.07) is 14.6. The smallest absolute Gasteiger partial charge is 0.273 e. The van der Waals surface area contributed by atoms with Crippen LogP contribution in [0.15, 0.2) is 53.4 Å². The van der Waals surface area contributed by atoms with Gasteiger partial charge >= 0.3 is 0 Å². The molecule has 0 saturated heterocycles. The second-order valence-corrected chi connectivity index (χ2v) is 7.16. The van der Waals surface area contributed by atoms with Crippen molar-refractivity contribution in [2.75, 3.05) is 19.4 Å². The van der Waals surface area contributed by atoms with Gasteiger partial charge in [0.05, 0.1) is 12.6 Å². The van der Waals surface area contributed by atoms with Crippen molar-refractivity contribution < 1.29 is 15.0 Å². The first kappa shape index (κ1) is 17.6. The maximum Gasteiger partial charge on any atom is 0.273 e. The number of phenolic OH excluding ortho intramolecular Hbond substituents is 1. The third kappa shape index (κ3) is 2.89. The zero-order valence-electron chi connectivity index (χ0n) is 14.7. The van der Waals surface area contributed by atoms with Gasteiger partial charge in [0, 0.05) is 22.6 Å². The Labute approximate surface area is 160 Å². The molecule has 1 aliphatic rings. The van der Waals surface area contributed by atoms with Gasteiger partial charge in [0.15, 0.2) is 0 Å². The van der Waals surface area contributed by atoms with E-state index in [0.717, 1.165) is 16.0 Å². The maximum absolute atomic E-state index is 12.9. The van der Waals surface area contributed by atoms with Gasteiger partial charge in [-0.2, -0.15) is 5.10 Å². The number of aliphatic hydroxyl groups is 1. The molecule has 0 aliphatic carbocycles. The van der Waals surface area contributed by atoms with Crippen LogP contribution in [-0.2, 0) is 0 Å². The molecule has 3 aromatic rings. The minimum absolute atomic E-state index is 0.108. The monoisotopic (exact) mass is 381 g/mol. The molecule has 3 N–H and O–H groups in total. The number of para-hydroxylation sites is 1. The number of aromatic hydroxyl groups is 1. The number of benzene rings is 2. The number of fused-ring (bicyclic) bond motifs is 1. The van der Waals surface area contributed by atoms with Crippen molar-refractivity contribution >= 4 is 17.7 Å². The number of carbonyl (C=O) groups excluding carboxylic acids is 1. The summed E-state index contributed by atoms with van der Waals surface area (Å²) in [5, 5.41) is 26.9. The fourth-order valence-corrected chi connectivity index (χ4v) is 3.96. The molecule has 4 rings (SSSR count). The van der Waals surface area contributed by atoms with E-state index in [1.165, 1.54) is 0 Å². The summed E-state index contributed by atoms with van der Waals surface area (Å²) in [5.74, 6) is -0.0940. The lowest BCUT2D eigenvalue weighted by Crippen LogP contribution is -2.32. The molecule has 138 valence electrons. The van der Waals surface area contributed by atoms with Gasteiger partial charge in [-0.15, -0.1) is 11.8 Å². The Balaban J connectivity index is 1.88. The van der Waals surface area contributed by atoms with Crippen molar-refractivity contribution in [3.05, 3.63) is 65.4 Å². The molecule has 0 radical (unpaired) electrons. The highest BCUT2D eigenvalue weighted by molar-refractivity contribution is 7.98. The lowest BCUT2D eigenvalue weighted by Gasteiger charge is -2.25. The number of phenols is 1. The van der Waals surface area contributed by atoms with Gasteiger partial charge in [0.25, 0.3) is 5.91 Å². The standard InChI is InChI=1S/C20H19N3O3S/c1-27-13-8-6-12(7-9-13)19-16-17(14-4-2-3-5-15(14)25)21-22-18(16)20(26)23(19)10-11-24/h2-9,19,24-25H,10-11H2,1H3,(H,21,22)/t19-/m0/s1. The molecular formula is C20H19N3O3S. The normalized spacial score (nSPS) is 16.0. The number of rotatable bonds is 5. The van der Waals surface area contributed by atoms with E-state index in [4.69, 9.17) is 0 Å². The minimum Gasteiger partial charge on any atom is -0.507 e. The van der Waals surface area contributed by atoms with E-state index >= 15 is 0 Å². The van der Waals surface area contributed by atoms with Gasteiger partial charge < -0.3 is 15.1 Å². The van der Waals surface area contributed by atoms with Crippen molar-refractivity contribution in [2.24, 2.45) is 0 Å². The Morgan fingerprint density at radius 2 is 1.93 bits per heavy atom. The van der Waals surface area contributed by atoms with E-state index < -0.39 is 0 Å². The van der Waals surface area contributed by atoms with Crippen LogP contribution in [0, 0.1) is 0 Å². The third-order valence-electron chi connectivity index (χ3n) is 4.80. The highest BCUT2D eigenvalue weighted by Gasteiger charge is 2.42. The molecule has 0 unspecified atom stereocenters. The Morgan fingerprint density at radius 3 is 2.59 bits per heavy atom. The number of nitrogens with one attached hydrogen (secondary N) is 1. The quantitative estimate of drug-likeness (QED) is 0.591. The van der Waals surface area contributed by atoms with Crippen LogP contribution in [0.4, 0.5) is 0 Å². The SMILES string of the molecule is CSc1ccc([C@H]2c3c(-c4ccccc4O)n[nH]c3C(=O)N2CCO)cc1. The highest BCUT2D eigenvalue weighted by Crippen LogP contribution is 2.44. The average molecular weight is 381 g/mol. The number of amides is 1. The minimum atomic E-state index is -0.371. The second-order valence-electron chi connectivity index (χ2n) is 6.28. The van der Waals surface area contributed by atoms with E-state index in [1.807, 2.05) is 36.6 Å². The molecule has 1 aliphatic heterocycles. The lowest BCUT2D eigenvalue weighted by molar-refractivity contribution is 0.0706. The summed E-state index contributed by atoms with van der Waals surface area (Å²) >= 11 is 1.65. The lowest BCUT2D eigenvalue weighted by atomic mass is 9.96. The number of aliphatic hydroxyl groups excluding tert-OH is 1. The van der Waals surface area contributed by atoms with Crippen LogP contribution in [0.5, 0.6) is 5.75 Å². The molecule has 1 amide bonds. The molecule has 0 bridgehead atoms. The number of aromatic nitrogens is 2. The van der Waals surface area contributed by atoms with Crippen LogP contribution in [0.1, 0.15) is 27.7 Å². The predicted molar refractivity (Wildman–Crippen MR) is 104 cm³/mol. The second kappa shape index (κ2) is 7.09. The zero-order chi connectivity index (χ0) is 19.0. The average Bonchev–Trinajstić information content (AvgIpc) is 3.23. The van der Waals surface area contributed by atoms with Crippen LogP contribution in [0.25, 0.3) is 11.3 Å². The number of hydrogen-bond acceptors (Lipinski definition) is 5. The number of nitrogens with zero attached hydrogens (tertiary/aromatic N) is 2. The van der Waals surface area contributed by atoms with E-state index in [9.17, 15) is 15.0 Å². The number of carbonyl (C=O) groups is 1. The van der Waals surface area contributed by atoms with Crippen molar-refractivity contribution in [3.8, 4) is 17.0 Å². The molecule has 1 aromatic heterocycles. The van der Waals surface area contributed by atoms with Crippen molar-refractivity contribution in [1.29, 1.82) is 0 Å². The summed E-state index contributed by atoms with van der Waals surface area (Å²) in [4.78, 5) is 15.7. The van der Waals surface area contributed by atoms with Crippen LogP contribution in [0.3, 0.4) is 0 Å². The van der Waals surface area contributed by atoms with Crippen molar-refractivity contribution in [2.45, 2.75) is 10.9 Å². The van der Waals surface area contributed by atoms with Crippen LogP contribution >= 0.6 is 11.8 Å². The third-order valence-corrected chi connectivity index (χ3v) is 5.54. The molecule has 2 heterocycles. The zero-order valence-corrected chi connectivity index (χ0v) is 15.5. The molecule has 7 heteroatoms. The van der Waals surface area contributed by atoms with E-state index in [0.29, 0.717) is 17.0 Å². The van der Waals surface area contributed by atoms with Crippen molar-refractivity contribution in [3.63, 3.8) is 0 Å². The number of β-amino-alcohol motifs (C(OH)–C–C–N with tert-alkyl or cyclic N) is 1. The van der Waals surface area contributed by atoms with E-state index in [-0.39, 0.29) is 30.9 Å². The number of hydrogen-bond donors (Lipinski definition) is 3. The van der Waals surface area contributed by atoms with Gasteiger partial charge in [-0.1, -0.05) is 24.3 Å². The van der Waals surface area contributed by atoms with E-state index in [2.05, 4.69) is 10.2 Å². The Kier molecular flexibility index (Phi) is 4.63. The molecule has 0 spiro atoms. The van der Waals surface area contributed by atoms with Gasteiger partial charge in [0.1, 0.15) is 17.1 Å². The van der Waals surface area contributed by atoms with Gasteiger partial charge in [0.2, 0.25) is 0 Å². The fraction of sp³-hybridized carbons (Fsp3) is 0.200. The summed E-state index contributed by atoms with van der Waals surface area (Å²) in [6.07, 6.45) is 2.01. The number of aromatic amines is 1. The molecule has 0 fully saturated rings. The summed E-state index contributed by atoms with van der Waals surface area (Å²) in [7, 11) is 0. The molecular weight excluding hydrogens is 362 g/mol. The number of thioether (sulfide) groups is 1. The molecule has 6 nitrogen and oxygen atoms in total. The predicted octanol–water partition coefficient (Wildman–Crippen LogP) is 3.04. The summed E-state index contributed by atoms with van der Waals surface area (Å²) < 4.78 is 0. The van der Waals surface area contributed by atoms with E-state index in [1.54, 1.807) is 34.9 Å². The summed E-state index contributed by atoms with van der Waals surface area (Å²) in [5.41, 5.74) is 3.19. The van der Waals surface area contributed by atoms with Gasteiger partial charge in [-0.3, -0.25) is 9.89 Å². The Morgan fingerprint density at radius 1 is 1.19 bits per heavy atom. The first-order valence-corrected chi connectivity index (χ1v) is 9.80. The first-order valence-electron chi connectivity index (χ1n) is 8.58. The number of H-pyrrole nitrogens is 1. The van der Waals surface area contributed by atoms with Gasteiger partial charge in [-0.25, -0.2) is 0 Å². The molecule has 2 aromatic carbocycles. The van der Waals surface area contributed by atoms with Crippen LogP contribution in [0.2, 0.25) is 0 Å². The first-order chi connectivity index (χ1) is 13.2. The summed E-state index contributed by atoms with van der Waals surface area (Å²) in [6.45, 7) is 0.0886. The van der Waals surface area contributed by atoms with Gasteiger partial charge in [-0.05, 0) is 36.1 Å². The molecule has 0 saturated carbocycles. The highest BCUT2D eigenvalue weighted by atomic mass is 32.2. The molecule has 1 atom stereocenters. The Hall–Kier alpha value is -2.77. The van der Waals surface area contributed by atoms with Crippen LogP contribution < -0.4 is 0 Å². The fourth-order valence-electron chi connectivity index (χ4n) is 3.55. The van der Waals surface area contributed by atoms with Crippen molar-refractivity contribution in [1.82, 2.24) is 15.1 Å². The largest absolute Gasteiger partial charge is 0.507 e. The maximum atomic E-state index is 12.9. The Bertz CT molecular complexity index is 984. The van der Waals surface area contributed by atoms with Crippen LogP contribution in [-0.4, -0.2) is 50.6 Å². The topological polar surface area (TPSA) is 89.5 Å². The molecule has 27 heavy (non-hydrogen) atoms.